The van der Waals surface area contributed by atoms with Crippen molar-refractivity contribution in [2.45, 2.75) is 24.7 Å². The topological polar surface area (TPSA) is 89.2 Å². The van der Waals surface area contributed by atoms with Gasteiger partial charge in [-0.25, -0.2) is 18.4 Å². The van der Waals surface area contributed by atoms with Crippen LogP contribution in [0.4, 0.5) is 0 Å². The van der Waals surface area contributed by atoms with Crippen molar-refractivity contribution in [2.24, 2.45) is 0 Å². The van der Waals surface area contributed by atoms with Crippen LogP contribution in [0, 0.1) is 0 Å². The van der Waals surface area contributed by atoms with Crippen molar-refractivity contribution in [3.63, 3.8) is 0 Å². The fraction of sp³-hybridized carbons (Fsp3) is 0.278. The molecule has 0 bridgehead atoms. The number of hydrogen-bond donors (Lipinski definition) is 0. The van der Waals surface area contributed by atoms with Gasteiger partial charge in [0, 0.05) is 43.7 Å². The predicted molar refractivity (Wildman–Crippen MR) is 94.9 cm³/mol. The zero-order valence-corrected chi connectivity index (χ0v) is 15.1. The average molecular weight is 370 g/mol. The lowest BCUT2D eigenvalue weighted by Gasteiger charge is -2.26. The van der Waals surface area contributed by atoms with Gasteiger partial charge in [-0.05, 0) is 12.0 Å². The summed E-state index contributed by atoms with van der Waals surface area (Å²) in [5.74, 6) is 0.736. The molecule has 0 N–H and O–H groups in total. The predicted octanol–water partition coefficient (Wildman–Crippen LogP) is 2.09. The summed E-state index contributed by atoms with van der Waals surface area (Å²) in [6.07, 6.45) is 3.53. The highest BCUT2D eigenvalue weighted by atomic mass is 32.2. The van der Waals surface area contributed by atoms with E-state index in [1.807, 2.05) is 36.4 Å². The lowest BCUT2D eigenvalue weighted by atomic mass is 10.1. The van der Waals surface area contributed by atoms with Crippen molar-refractivity contribution in [3.8, 4) is 11.3 Å². The number of rotatable bonds is 4. The summed E-state index contributed by atoms with van der Waals surface area (Å²) in [5.41, 5.74) is 3.59. The zero-order chi connectivity index (χ0) is 18.1. The van der Waals surface area contributed by atoms with E-state index in [1.54, 1.807) is 6.20 Å². The van der Waals surface area contributed by atoms with Crippen LogP contribution in [-0.4, -0.2) is 41.2 Å². The molecule has 0 spiro atoms. The van der Waals surface area contributed by atoms with Gasteiger partial charge < -0.3 is 4.52 Å². The van der Waals surface area contributed by atoms with E-state index in [4.69, 9.17) is 4.52 Å². The highest BCUT2D eigenvalue weighted by Crippen LogP contribution is 2.23. The molecule has 0 aliphatic carbocycles. The highest BCUT2D eigenvalue weighted by molar-refractivity contribution is 7.90. The molecule has 3 aromatic rings. The van der Waals surface area contributed by atoms with E-state index < -0.39 is 9.84 Å². The quantitative estimate of drug-likeness (QED) is 0.650. The van der Waals surface area contributed by atoms with E-state index in [1.165, 1.54) is 0 Å². The van der Waals surface area contributed by atoms with Crippen LogP contribution in [0.1, 0.15) is 17.0 Å². The average Bonchev–Trinajstić information content (AvgIpc) is 3.09. The molecule has 4 rings (SSSR count). The van der Waals surface area contributed by atoms with Crippen molar-refractivity contribution < 1.29 is 12.9 Å². The van der Waals surface area contributed by atoms with Gasteiger partial charge in [-0.1, -0.05) is 35.5 Å². The zero-order valence-electron chi connectivity index (χ0n) is 14.3. The molecule has 3 heterocycles. The summed E-state index contributed by atoms with van der Waals surface area (Å²) < 4.78 is 28.8. The van der Waals surface area contributed by atoms with Crippen LogP contribution in [0.15, 0.2) is 52.3 Å². The molecule has 134 valence electrons. The standard InChI is InChI=1S/C18H18N4O3S/c1-26(23,24)18-19-10-14-7-8-22(12-16(14)20-18)11-15-9-17(25-21-15)13-5-3-2-4-6-13/h2-6,9-10H,7-8,11-12H2,1H3. The molecule has 0 saturated carbocycles. The number of fused-ring (bicyclic) bond motifs is 1. The van der Waals surface area contributed by atoms with Crippen LogP contribution in [0.5, 0.6) is 0 Å². The Labute approximate surface area is 151 Å². The monoisotopic (exact) mass is 370 g/mol. The normalized spacial score (nSPS) is 15.0. The molecule has 1 aliphatic rings. The number of nitrogens with zero attached hydrogens (tertiary/aromatic N) is 4. The van der Waals surface area contributed by atoms with E-state index in [0.29, 0.717) is 13.1 Å². The molecule has 1 aromatic carbocycles. The van der Waals surface area contributed by atoms with E-state index >= 15 is 0 Å². The first-order valence-corrected chi connectivity index (χ1v) is 10.2. The van der Waals surface area contributed by atoms with Gasteiger partial charge in [0.15, 0.2) is 5.76 Å². The molecule has 0 saturated heterocycles. The number of sulfone groups is 1. The summed E-state index contributed by atoms with van der Waals surface area (Å²) >= 11 is 0. The van der Waals surface area contributed by atoms with Gasteiger partial charge in [0.2, 0.25) is 15.0 Å². The Hall–Kier alpha value is -2.58. The van der Waals surface area contributed by atoms with Crippen molar-refractivity contribution in [1.82, 2.24) is 20.0 Å². The van der Waals surface area contributed by atoms with E-state index in [-0.39, 0.29) is 5.16 Å². The van der Waals surface area contributed by atoms with Crippen LogP contribution in [-0.2, 0) is 29.3 Å². The molecule has 26 heavy (non-hydrogen) atoms. The minimum atomic E-state index is -3.41. The lowest BCUT2D eigenvalue weighted by molar-refractivity contribution is 0.232. The van der Waals surface area contributed by atoms with Gasteiger partial charge in [0.25, 0.3) is 0 Å². The van der Waals surface area contributed by atoms with Crippen LogP contribution in [0.25, 0.3) is 11.3 Å². The minimum absolute atomic E-state index is 0.120. The molecule has 7 nitrogen and oxygen atoms in total. The van der Waals surface area contributed by atoms with Gasteiger partial charge in [0.1, 0.15) is 0 Å². The van der Waals surface area contributed by atoms with Crippen LogP contribution in [0.3, 0.4) is 0 Å². The summed E-state index contributed by atoms with van der Waals surface area (Å²) in [6.45, 7) is 2.02. The molecule has 0 radical (unpaired) electrons. The van der Waals surface area contributed by atoms with E-state index in [0.717, 1.165) is 47.5 Å². The molecule has 0 unspecified atom stereocenters. The molecule has 0 fully saturated rings. The van der Waals surface area contributed by atoms with Gasteiger partial charge >= 0.3 is 0 Å². The fourth-order valence-corrected chi connectivity index (χ4v) is 3.53. The van der Waals surface area contributed by atoms with Crippen molar-refractivity contribution in [2.75, 3.05) is 12.8 Å². The smallest absolute Gasteiger partial charge is 0.247 e. The highest BCUT2D eigenvalue weighted by Gasteiger charge is 2.22. The Kier molecular flexibility index (Phi) is 4.29. The van der Waals surface area contributed by atoms with Gasteiger partial charge in [-0.2, -0.15) is 0 Å². The maximum absolute atomic E-state index is 11.7. The Morgan fingerprint density at radius 2 is 2.04 bits per heavy atom. The number of aromatic nitrogens is 3. The van der Waals surface area contributed by atoms with Crippen LogP contribution < -0.4 is 0 Å². The largest absolute Gasteiger partial charge is 0.356 e. The maximum Gasteiger partial charge on any atom is 0.247 e. The number of hydrogen-bond acceptors (Lipinski definition) is 7. The van der Waals surface area contributed by atoms with Crippen molar-refractivity contribution in [1.29, 1.82) is 0 Å². The molecule has 0 atom stereocenters. The maximum atomic E-state index is 11.7. The van der Waals surface area contributed by atoms with Crippen LogP contribution >= 0.6 is 0 Å². The summed E-state index contributed by atoms with van der Waals surface area (Å²) in [4.78, 5) is 10.4. The fourth-order valence-electron chi connectivity index (χ4n) is 3.01. The first kappa shape index (κ1) is 16.9. The number of benzene rings is 1. The van der Waals surface area contributed by atoms with E-state index in [2.05, 4.69) is 20.0 Å². The third-order valence-corrected chi connectivity index (χ3v) is 5.20. The molecule has 1 aliphatic heterocycles. The molecular weight excluding hydrogens is 352 g/mol. The third-order valence-electron chi connectivity index (χ3n) is 4.34. The Morgan fingerprint density at radius 3 is 2.81 bits per heavy atom. The second kappa shape index (κ2) is 6.62. The Bertz CT molecular complexity index is 1030. The van der Waals surface area contributed by atoms with Crippen LogP contribution in [0.2, 0.25) is 0 Å². The Balaban J connectivity index is 1.50. The molecule has 8 heteroatoms. The van der Waals surface area contributed by atoms with Gasteiger partial charge in [0.05, 0.1) is 11.4 Å². The lowest BCUT2D eigenvalue weighted by Crippen LogP contribution is -2.31. The third kappa shape index (κ3) is 3.51. The molecule has 2 aromatic heterocycles. The molecule has 0 amide bonds. The summed E-state index contributed by atoms with van der Waals surface area (Å²) in [7, 11) is -3.41. The van der Waals surface area contributed by atoms with Crippen molar-refractivity contribution >= 4 is 9.84 Å². The summed E-state index contributed by atoms with van der Waals surface area (Å²) in [5, 5.41) is 4.03. The second-order valence-electron chi connectivity index (χ2n) is 6.41. The molecular formula is C18H18N4O3S. The summed E-state index contributed by atoms with van der Waals surface area (Å²) in [6, 6.07) is 11.8. The van der Waals surface area contributed by atoms with Crippen molar-refractivity contribution in [3.05, 3.63) is 59.5 Å². The van der Waals surface area contributed by atoms with E-state index in [9.17, 15) is 8.42 Å². The van der Waals surface area contributed by atoms with Gasteiger partial charge in [-0.3, -0.25) is 4.90 Å². The first-order valence-electron chi connectivity index (χ1n) is 8.27. The minimum Gasteiger partial charge on any atom is -0.356 e. The first-order chi connectivity index (χ1) is 12.5. The Morgan fingerprint density at radius 1 is 1.23 bits per heavy atom. The van der Waals surface area contributed by atoms with Gasteiger partial charge in [-0.15, -0.1) is 0 Å². The second-order valence-corrected chi connectivity index (χ2v) is 8.32. The SMILES string of the molecule is CS(=O)(=O)c1ncc2c(n1)CN(Cc1cc(-c3ccccc3)on1)CC2.